The summed E-state index contributed by atoms with van der Waals surface area (Å²) in [4.78, 5) is 12.3. The highest BCUT2D eigenvalue weighted by Gasteiger charge is 2.17. The molecule has 0 aromatic heterocycles. The molecule has 1 rings (SSSR count). The van der Waals surface area contributed by atoms with E-state index in [0.29, 0.717) is 0 Å². The first-order valence-corrected chi connectivity index (χ1v) is 10.2. The van der Waals surface area contributed by atoms with Crippen molar-refractivity contribution in [3.63, 3.8) is 0 Å². The summed E-state index contributed by atoms with van der Waals surface area (Å²) >= 11 is 2.99. The molecule has 0 radical (unpaired) electrons. The molecule has 0 unspecified atom stereocenters. The second-order valence-corrected chi connectivity index (χ2v) is 7.46. The summed E-state index contributed by atoms with van der Waals surface area (Å²) in [5.74, 6) is 1.78. The van der Waals surface area contributed by atoms with Gasteiger partial charge in [-0.3, -0.25) is 10.7 Å². The number of rotatable bonds is 10. The van der Waals surface area contributed by atoms with Gasteiger partial charge in [-0.15, -0.1) is 0 Å². The van der Waals surface area contributed by atoms with Crippen LogP contribution < -0.4 is 5.32 Å². The van der Waals surface area contributed by atoms with Gasteiger partial charge in [0.1, 0.15) is 6.61 Å². The van der Waals surface area contributed by atoms with Gasteiger partial charge in [-0.25, -0.2) is 8.51 Å². The molecule has 0 saturated carbocycles. The normalized spacial score (nSPS) is 10.2. The highest BCUT2D eigenvalue weighted by Crippen LogP contribution is 2.24. The molecule has 1 aromatic carbocycles. The Morgan fingerprint density at radius 2 is 1.71 bits per heavy atom. The van der Waals surface area contributed by atoms with Crippen molar-refractivity contribution in [1.29, 1.82) is 5.41 Å². The minimum atomic E-state index is -0.310. The molecule has 2 N–H and O–H groups in total. The van der Waals surface area contributed by atoms with Gasteiger partial charge in [0.05, 0.1) is 0 Å². The molecular formula is C17H27N3O2S2. The largest absolute Gasteiger partial charge is 0.460 e. The van der Waals surface area contributed by atoms with E-state index in [0.717, 1.165) is 42.8 Å². The van der Waals surface area contributed by atoms with Gasteiger partial charge in [0, 0.05) is 11.5 Å². The van der Waals surface area contributed by atoms with E-state index in [4.69, 9.17) is 10.1 Å². The molecule has 7 heteroatoms. The molecule has 0 bridgehead atoms. The fraction of sp³-hybridized carbons (Fsp3) is 0.529. The average Bonchev–Trinajstić information content (AvgIpc) is 2.59. The van der Waals surface area contributed by atoms with E-state index in [1.807, 2.05) is 30.3 Å². The minimum Gasteiger partial charge on any atom is -0.460 e. The number of urea groups is 1. The number of benzene rings is 1. The monoisotopic (exact) mass is 369 g/mol. The number of amides is 2. The summed E-state index contributed by atoms with van der Waals surface area (Å²) in [5, 5.41) is 10.3. The fourth-order valence-corrected chi connectivity index (χ4v) is 3.89. The van der Waals surface area contributed by atoms with Crippen molar-refractivity contribution >= 4 is 35.9 Å². The molecule has 0 saturated heterocycles. The van der Waals surface area contributed by atoms with E-state index in [1.165, 1.54) is 23.9 Å². The highest BCUT2D eigenvalue weighted by atomic mass is 32.2. The van der Waals surface area contributed by atoms with E-state index in [1.54, 1.807) is 3.71 Å². The molecular weight excluding hydrogens is 342 g/mol. The molecule has 0 fully saturated rings. The van der Waals surface area contributed by atoms with Crippen molar-refractivity contribution in [2.45, 2.75) is 46.1 Å². The van der Waals surface area contributed by atoms with E-state index in [-0.39, 0.29) is 18.7 Å². The zero-order valence-electron chi connectivity index (χ0n) is 14.4. The Kier molecular flexibility index (Phi) is 11.2. The Hall–Kier alpha value is -1.34. The third-order valence-corrected chi connectivity index (χ3v) is 5.40. The summed E-state index contributed by atoms with van der Waals surface area (Å²) in [6.07, 6.45) is 4.31. The predicted molar refractivity (Wildman–Crippen MR) is 104 cm³/mol. The molecule has 0 aliphatic heterocycles. The number of carbonyl (C=O) groups excluding carboxylic acids is 1. The summed E-state index contributed by atoms with van der Waals surface area (Å²) in [6, 6.07) is 9.06. The third-order valence-electron chi connectivity index (χ3n) is 3.03. The first-order valence-electron chi connectivity index (χ1n) is 8.29. The van der Waals surface area contributed by atoms with Crippen molar-refractivity contribution in [3.05, 3.63) is 35.9 Å². The number of amidine groups is 1. The second kappa shape index (κ2) is 13.0. The summed E-state index contributed by atoms with van der Waals surface area (Å²) in [6.45, 7) is 4.52. The number of hydrogen-bond acceptors (Lipinski definition) is 5. The Balaban J connectivity index is 2.41. The van der Waals surface area contributed by atoms with Crippen LogP contribution in [-0.2, 0) is 11.3 Å². The second-order valence-electron chi connectivity index (χ2n) is 5.16. The zero-order valence-corrected chi connectivity index (χ0v) is 16.0. The number of unbranched alkanes of at least 4 members (excludes halogenated alkanes) is 2. The first-order chi connectivity index (χ1) is 11.7. The summed E-state index contributed by atoms with van der Waals surface area (Å²) < 4.78 is 6.94. The van der Waals surface area contributed by atoms with Crippen molar-refractivity contribution in [2.24, 2.45) is 0 Å². The SMILES string of the molecule is CCCCSN(SCCCC)C(=O)NC(=N)OCc1ccccc1. The summed E-state index contributed by atoms with van der Waals surface area (Å²) in [7, 11) is 0. The van der Waals surface area contributed by atoms with Crippen molar-refractivity contribution in [3.8, 4) is 0 Å². The maximum Gasteiger partial charge on any atom is 0.345 e. The molecule has 5 nitrogen and oxygen atoms in total. The Morgan fingerprint density at radius 1 is 1.12 bits per heavy atom. The number of nitrogens with zero attached hydrogens (tertiary/aromatic N) is 1. The van der Waals surface area contributed by atoms with Crippen LogP contribution in [-0.4, -0.2) is 27.3 Å². The van der Waals surface area contributed by atoms with Crippen molar-refractivity contribution in [1.82, 2.24) is 9.03 Å². The molecule has 24 heavy (non-hydrogen) atoms. The fourth-order valence-electron chi connectivity index (χ4n) is 1.65. The van der Waals surface area contributed by atoms with Crippen LogP contribution in [0, 0.1) is 5.41 Å². The number of hydrogen-bond donors (Lipinski definition) is 2. The van der Waals surface area contributed by atoms with Crippen molar-refractivity contribution < 1.29 is 9.53 Å². The van der Waals surface area contributed by atoms with Crippen LogP contribution in [0.25, 0.3) is 0 Å². The Morgan fingerprint density at radius 3 is 2.25 bits per heavy atom. The van der Waals surface area contributed by atoms with Crippen LogP contribution in [0.5, 0.6) is 0 Å². The minimum absolute atomic E-state index is 0.221. The van der Waals surface area contributed by atoms with Gasteiger partial charge < -0.3 is 4.74 Å². The standard InChI is InChI=1S/C17H27N3O2S2/c1-3-5-12-23-20(24-13-6-4-2)17(21)19-16(18)22-14-15-10-8-7-9-11-15/h7-11H,3-6,12-14H2,1-2H3,(H2,18,19,21). The van der Waals surface area contributed by atoms with E-state index < -0.39 is 0 Å². The molecule has 0 aliphatic rings. The maximum atomic E-state index is 12.3. The lowest BCUT2D eigenvalue weighted by Crippen LogP contribution is -2.37. The van der Waals surface area contributed by atoms with Gasteiger partial charge in [0.25, 0.3) is 6.02 Å². The molecule has 1 aromatic rings. The molecule has 2 amide bonds. The zero-order chi connectivity index (χ0) is 17.6. The number of nitrogens with one attached hydrogen (secondary N) is 2. The van der Waals surface area contributed by atoms with Gasteiger partial charge in [0.2, 0.25) is 0 Å². The number of ether oxygens (including phenoxy) is 1. The van der Waals surface area contributed by atoms with Crippen LogP contribution in [0.15, 0.2) is 30.3 Å². The van der Waals surface area contributed by atoms with Crippen LogP contribution in [0.4, 0.5) is 4.79 Å². The molecule has 0 atom stereocenters. The Bertz CT molecular complexity index is 476. The first kappa shape index (κ1) is 20.7. The smallest absolute Gasteiger partial charge is 0.345 e. The maximum absolute atomic E-state index is 12.3. The quantitative estimate of drug-likeness (QED) is 0.262. The predicted octanol–water partition coefficient (Wildman–Crippen LogP) is 5.05. The van der Waals surface area contributed by atoms with Gasteiger partial charge in [-0.05, 0) is 42.3 Å². The lowest BCUT2D eigenvalue weighted by atomic mass is 10.2. The van der Waals surface area contributed by atoms with Gasteiger partial charge in [-0.1, -0.05) is 57.0 Å². The van der Waals surface area contributed by atoms with E-state index in [2.05, 4.69) is 19.2 Å². The molecule has 134 valence electrons. The highest BCUT2D eigenvalue weighted by molar-refractivity contribution is 8.12. The lowest BCUT2D eigenvalue weighted by Gasteiger charge is -2.20. The molecule has 0 aliphatic carbocycles. The number of carbonyl (C=O) groups is 1. The van der Waals surface area contributed by atoms with E-state index >= 15 is 0 Å². The van der Waals surface area contributed by atoms with E-state index in [9.17, 15) is 4.79 Å². The van der Waals surface area contributed by atoms with Crippen molar-refractivity contribution in [2.75, 3.05) is 11.5 Å². The third kappa shape index (κ3) is 9.08. The Labute approximate surface area is 153 Å². The van der Waals surface area contributed by atoms with Crippen LogP contribution >= 0.6 is 23.9 Å². The average molecular weight is 370 g/mol. The van der Waals surface area contributed by atoms with Crippen LogP contribution in [0.3, 0.4) is 0 Å². The summed E-state index contributed by atoms with van der Waals surface area (Å²) in [5.41, 5.74) is 0.961. The van der Waals surface area contributed by atoms with Gasteiger partial charge >= 0.3 is 6.03 Å². The van der Waals surface area contributed by atoms with Crippen LogP contribution in [0.2, 0.25) is 0 Å². The molecule has 0 heterocycles. The lowest BCUT2D eigenvalue weighted by molar-refractivity contribution is 0.233. The van der Waals surface area contributed by atoms with Gasteiger partial charge in [0.15, 0.2) is 0 Å². The topological polar surface area (TPSA) is 65.4 Å². The van der Waals surface area contributed by atoms with Gasteiger partial charge in [-0.2, -0.15) is 0 Å². The van der Waals surface area contributed by atoms with Crippen LogP contribution in [0.1, 0.15) is 45.1 Å². The molecule has 0 spiro atoms.